The maximum atomic E-state index is 13.2. The largest absolute Gasteiger partial charge is 0.480 e. The summed E-state index contributed by atoms with van der Waals surface area (Å²) in [7, 11) is 0. The third kappa shape index (κ3) is 6.90. The minimum absolute atomic E-state index is 0.290. The normalized spacial score (nSPS) is 11.7. The topological polar surface area (TPSA) is 102 Å². The molecule has 4 rings (SSSR count). The highest BCUT2D eigenvalue weighted by molar-refractivity contribution is 7.98. The summed E-state index contributed by atoms with van der Waals surface area (Å²) in [6.45, 7) is 2.59. The van der Waals surface area contributed by atoms with Gasteiger partial charge in [0.05, 0.1) is 6.61 Å². The van der Waals surface area contributed by atoms with Crippen LogP contribution in [-0.2, 0) is 22.7 Å². The van der Waals surface area contributed by atoms with Gasteiger partial charge >= 0.3 is 5.97 Å². The number of thioether (sulfide) groups is 1. The Balaban J connectivity index is 1.51. The van der Waals surface area contributed by atoms with E-state index in [2.05, 4.69) is 10.3 Å². The first kappa shape index (κ1) is 27.2. The number of rotatable bonds is 12. The molecule has 0 aliphatic heterocycles. The summed E-state index contributed by atoms with van der Waals surface area (Å²) in [4.78, 5) is 29.0. The third-order valence-electron chi connectivity index (χ3n) is 6.10. The summed E-state index contributed by atoms with van der Waals surface area (Å²) in [5.74, 6) is 0.606. The number of nitrogens with zero attached hydrogens (tertiary/aromatic N) is 1. The molecule has 2 heterocycles. The monoisotopic (exact) mass is 530 g/mol. The maximum Gasteiger partial charge on any atom is 0.326 e. The Bertz CT molecular complexity index is 1390. The fraction of sp³-hybridized carbons (Fsp3) is 0.233. The SMILES string of the molecule is CSCC[C@H](NC(=O)c1ccc(COCc2ccc(-c3cccnc3)o2)cc1-c1ccccc1C)C(=O)O. The molecular weight excluding hydrogens is 500 g/mol. The average Bonchev–Trinajstić information content (AvgIpc) is 3.40. The molecule has 8 heteroatoms. The van der Waals surface area contributed by atoms with E-state index >= 15 is 0 Å². The van der Waals surface area contributed by atoms with E-state index in [9.17, 15) is 14.7 Å². The quantitative estimate of drug-likeness (QED) is 0.233. The molecule has 0 bridgehead atoms. The molecule has 2 aromatic heterocycles. The van der Waals surface area contributed by atoms with E-state index < -0.39 is 17.9 Å². The molecule has 7 nitrogen and oxygen atoms in total. The highest BCUT2D eigenvalue weighted by Gasteiger charge is 2.22. The van der Waals surface area contributed by atoms with E-state index in [-0.39, 0.29) is 6.61 Å². The molecule has 0 aliphatic carbocycles. The van der Waals surface area contributed by atoms with Crippen molar-refractivity contribution in [2.24, 2.45) is 0 Å². The van der Waals surface area contributed by atoms with E-state index in [1.165, 1.54) is 0 Å². The van der Waals surface area contributed by atoms with Crippen LogP contribution in [0.15, 0.2) is 83.5 Å². The van der Waals surface area contributed by atoms with E-state index in [0.717, 1.165) is 33.6 Å². The lowest BCUT2D eigenvalue weighted by atomic mass is 9.93. The van der Waals surface area contributed by atoms with Gasteiger partial charge in [0.1, 0.15) is 24.2 Å². The Kier molecular flexibility index (Phi) is 9.35. The van der Waals surface area contributed by atoms with Crippen LogP contribution in [0.25, 0.3) is 22.5 Å². The molecule has 1 amide bonds. The van der Waals surface area contributed by atoms with Gasteiger partial charge < -0.3 is 19.6 Å². The Morgan fingerprint density at radius 2 is 1.89 bits per heavy atom. The summed E-state index contributed by atoms with van der Waals surface area (Å²) in [6, 6.07) is 19.9. The number of furan rings is 1. The van der Waals surface area contributed by atoms with Crippen molar-refractivity contribution in [3.63, 3.8) is 0 Å². The zero-order chi connectivity index (χ0) is 26.9. The van der Waals surface area contributed by atoms with Gasteiger partial charge in [0.2, 0.25) is 0 Å². The number of carbonyl (C=O) groups excluding carboxylic acids is 1. The minimum Gasteiger partial charge on any atom is -0.480 e. The molecule has 0 spiro atoms. The molecule has 2 N–H and O–H groups in total. The molecule has 196 valence electrons. The Hall–Kier alpha value is -3.88. The standard InChI is InChI=1S/C30H30N2O5S/c1-20-6-3-4-8-24(20)26-16-21(9-11-25(26)29(33)32-27(30(34)35)13-15-38-2)18-36-19-23-10-12-28(37-23)22-7-5-14-31-17-22/h3-12,14,16-17,27H,13,15,18-19H2,1-2H3,(H,32,33)(H,34,35)/t27-/m0/s1. The number of hydrogen-bond donors (Lipinski definition) is 2. The number of pyridine rings is 1. The first-order valence-corrected chi connectivity index (χ1v) is 13.6. The summed E-state index contributed by atoms with van der Waals surface area (Å²) >= 11 is 1.54. The summed E-state index contributed by atoms with van der Waals surface area (Å²) in [6.07, 6.45) is 5.72. The lowest BCUT2D eigenvalue weighted by molar-refractivity contribution is -0.139. The Labute approximate surface area is 226 Å². The molecule has 0 saturated heterocycles. The lowest BCUT2D eigenvalue weighted by Gasteiger charge is -2.17. The van der Waals surface area contributed by atoms with Crippen LogP contribution in [0.1, 0.15) is 33.7 Å². The number of carbonyl (C=O) groups is 2. The molecule has 0 radical (unpaired) electrons. The van der Waals surface area contributed by atoms with Crippen LogP contribution in [0.2, 0.25) is 0 Å². The number of aryl methyl sites for hydroxylation is 1. The number of carboxylic acids is 1. The lowest BCUT2D eigenvalue weighted by Crippen LogP contribution is -2.41. The van der Waals surface area contributed by atoms with Crippen LogP contribution in [0.5, 0.6) is 0 Å². The van der Waals surface area contributed by atoms with Crippen molar-refractivity contribution in [2.45, 2.75) is 32.6 Å². The number of hydrogen-bond acceptors (Lipinski definition) is 6. The fourth-order valence-corrected chi connectivity index (χ4v) is 4.57. The second kappa shape index (κ2) is 13.1. The third-order valence-corrected chi connectivity index (χ3v) is 6.74. The van der Waals surface area contributed by atoms with E-state index in [1.807, 2.05) is 73.8 Å². The van der Waals surface area contributed by atoms with Crippen molar-refractivity contribution in [2.75, 3.05) is 12.0 Å². The summed E-state index contributed by atoms with van der Waals surface area (Å²) in [5.41, 5.74) is 4.85. The molecule has 0 aliphatic rings. The molecule has 0 fully saturated rings. The minimum atomic E-state index is -1.04. The molecule has 38 heavy (non-hydrogen) atoms. The molecule has 4 aromatic rings. The number of aromatic nitrogens is 1. The number of aliphatic carboxylic acids is 1. The molecule has 2 aromatic carbocycles. The Morgan fingerprint density at radius 1 is 1.05 bits per heavy atom. The van der Waals surface area contributed by atoms with E-state index in [4.69, 9.17) is 9.15 Å². The summed E-state index contributed by atoms with van der Waals surface area (Å²) < 4.78 is 11.8. The van der Waals surface area contributed by atoms with Gasteiger partial charge in [-0.2, -0.15) is 11.8 Å². The molecule has 1 atom stereocenters. The average molecular weight is 531 g/mol. The zero-order valence-electron chi connectivity index (χ0n) is 21.3. The van der Waals surface area contributed by atoms with Gasteiger partial charge in [0.25, 0.3) is 5.91 Å². The van der Waals surface area contributed by atoms with Gasteiger partial charge in [-0.15, -0.1) is 0 Å². The maximum absolute atomic E-state index is 13.2. The van der Waals surface area contributed by atoms with Gasteiger partial charge in [0, 0.05) is 23.5 Å². The van der Waals surface area contributed by atoms with Crippen LogP contribution in [0.4, 0.5) is 0 Å². The predicted molar refractivity (Wildman–Crippen MR) is 149 cm³/mol. The van der Waals surface area contributed by atoms with Crippen LogP contribution in [0.3, 0.4) is 0 Å². The van der Waals surface area contributed by atoms with Crippen molar-refractivity contribution < 1.29 is 23.8 Å². The van der Waals surface area contributed by atoms with Gasteiger partial charge in [0.15, 0.2) is 0 Å². The molecule has 0 unspecified atom stereocenters. The number of nitrogens with one attached hydrogen (secondary N) is 1. The number of benzene rings is 2. The first-order chi connectivity index (χ1) is 18.5. The van der Waals surface area contributed by atoms with Gasteiger partial charge in [-0.25, -0.2) is 4.79 Å². The van der Waals surface area contributed by atoms with E-state index in [0.29, 0.717) is 30.1 Å². The second-order valence-electron chi connectivity index (χ2n) is 8.84. The summed E-state index contributed by atoms with van der Waals surface area (Å²) in [5, 5.41) is 12.3. The van der Waals surface area contributed by atoms with Crippen molar-refractivity contribution in [3.05, 3.63) is 102 Å². The van der Waals surface area contributed by atoms with Crippen molar-refractivity contribution >= 4 is 23.6 Å². The number of amides is 1. The van der Waals surface area contributed by atoms with Crippen LogP contribution >= 0.6 is 11.8 Å². The van der Waals surface area contributed by atoms with Crippen LogP contribution < -0.4 is 5.32 Å². The first-order valence-electron chi connectivity index (χ1n) is 12.2. The van der Waals surface area contributed by atoms with Crippen molar-refractivity contribution in [1.29, 1.82) is 0 Å². The number of ether oxygens (including phenoxy) is 1. The van der Waals surface area contributed by atoms with Crippen molar-refractivity contribution in [1.82, 2.24) is 10.3 Å². The Morgan fingerprint density at radius 3 is 2.63 bits per heavy atom. The highest BCUT2D eigenvalue weighted by Crippen LogP contribution is 2.29. The smallest absolute Gasteiger partial charge is 0.326 e. The van der Waals surface area contributed by atoms with Gasteiger partial charge in [-0.3, -0.25) is 9.78 Å². The molecule has 0 saturated carbocycles. The van der Waals surface area contributed by atoms with Crippen molar-refractivity contribution in [3.8, 4) is 22.5 Å². The zero-order valence-corrected chi connectivity index (χ0v) is 22.2. The molecular formula is C30H30N2O5S. The van der Waals surface area contributed by atoms with Gasteiger partial charge in [-0.1, -0.05) is 30.3 Å². The van der Waals surface area contributed by atoms with Gasteiger partial charge in [-0.05, 0) is 84.0 Å². The fourth-order valence-electron chi connectivity index (χ4n) is 4.09. The van der Waals surface area contributed by atoms with Crippen LogP contribution in [0, 0.1) is 6.92 Å². The highest BCUT2D eigenvalue weighted by atomic mass is 32.2. The second-order valence-corrected chi connectivity index (χ2v) is 9.83. The van der Waals surface area contributed by atoms with Crippen LogP contribution in [-0.4, -0.2) is 40.0 Å². The number of carboxylic acid groups (broad SMARTS) is 1. The predicted octanol–water partition coefficient (Wildman–Crippen LogP) is 5.97. The van der Waals surface area contributed by atoms with E-state index in [1.54, 1.807) is 30.2 Å².